The van der Waals surface area contributed by atoms with Crippen molar-refractivity contribution in [2.75, 3.05) is 11.9 Å². The average molecular weight is 423 g/mol. The summed E-state index contributed by atoms with van der Waals surface area (Å²) in [5, 5.41) is 6.05. The fraction of sp³-hybridized carbons (Fsp3) is 0.536. The van der Waals surface area contributed by atoms with E-state index in [0.29, 0.717) is 5.92 Å². The summed E-state index contributed by atoms with van der Waals surface area (Å²) < 4.78 is 0. The van der Waals surface area contributed by atoms with Crippen LogP contribution in [0.25, 0.3) is 0 Å². The zero-order chi connectivity index (χ0) is 22.3. The number of carbonyl (C=O) groups excluding carboxylic acids is 1. The fourth-order valence-electron chi connectivity index (χ4n) is 3.90. The van der Waals surface area contributed by atoms with Crippen LogP contribution in [-0.4, -0.2) is 12.6 Å². The maximum absolute atomic E-state index is 12.3. The van der Waals surface area contributed by atoms with Gasteiger partial charge in [-0.05, 0) is 54.4 Å². The number of para-hydroxylation sites is 1. The predicted octanol–water partition coefficient (Wildman–Crippen LogP) is 7.54. The highest BCUT2D eigenvalue weighted by atomic mass is 16.2. The summed E-state index contributed by atoms with van der Waals surface area (Å²) >= 11 is 0. The Hall–Kier alpha value is -2.29. The van der Waals surface area contributed by atoms with Gasteiger partial charge in [-0.1, -0.05) is 102 Å². The van der Waals surface area contributed by atoms with E-state index in [4.69, 9.17) is 0 Å². The van der Waals surface area contributed by atoms with E-state index < -0.39 is 0 Å². The van der Waals surface area contributed by atoms with E-state index in [-0.39, 0.29) is 6.03 Å². The van der Waals surface area contributed by atoms with Crippen LogP contribution in [0.15, 0.2) is 48.5 Å². The number of carbonyl (C=O) groups is 1. The molecule has 31 heavy (non-hydrogen) atoms. The summed E-state index contributed by atoms with van der Waals surface area (Å²) in [5.74, 6) is 0.681. The highest BCUT2D eigenvalue weighted by Gasteiger charge is 2.07. The summed E-state index contributed by atoms with van der Waals surface area (Å²) in [6, 6.07) is 17.0. The molecule has 0 saturated heterocycles. The molecule has 0 aliphatic rings. The van der Waals surface area contributed by atoms with Gasteiger partial charge >= 0.3 is 6.03 Å². The molecule has 3 nitrogen and oxygen atoms in total. The van der Waals surface area contributed by atoms with Crippen LogP contribution in [0.3, 0.4) is 0 Å². The molecule has 3 heteroatoms. The SMILES string of the molecule is CCCCCCCCCNC(=O)Nc1ccccc1CCc1ccc(CC(C)C)cc1. The van der Waals surface area contributed by atoms with Crippen molar-refractivity contribution in [3.63, 3.8) is 0 Å². The first-order chi connectivity index (χ1) is 15.1. The summed E-state index contributed by atoms with van der Waals surface area (Å²) in [7, 11) is 0. The van der Waals surface area contributed by atoms with Gasteiger partial charge in [0.1, 0.15) is 0 Å². The Labute approximate surface area is 190 Å². The second-order valence-corrected chi connectivity index (χ2v) is 9.07. The van der Waals surface area contributed by atoms with E-state index in [2.05, 4.69) is 61.7 Å². The number of aryl methyl sites for hydroxylation is 2. The lowest BCUT2D eigenvalue weighted by Gasteiger charge is -2.12. The summed E-state index contributed by atoms with van der Waals surface area (Å²) in [5.41, 5.74) is 4.83. The molecule has 0 heterocycles. The topological polar surface area (TPSA) is 41.1 Å². The van der Waals surface area contributed by atoms with E-state index >= 15 is 0 Å². The molecule has 170 valence electrons. The van der Waals surface area contributed by atoms with Gasteiger partial charge in [0.05, 0.1) is 0 Å². The molecule has 0 saturated carbocycles. The van der Waals surface area contributed by atoms with Crippen molar-refractivity contribution >= 4 is 11.7 Å². The minimum absolute atomic E-state index is 0.100. The monoisotopic (exact) mass is 422 g/mol. The molecule has 2 N–H and O–H groups in total. The minimum Gasteiger partial charge on any atom is -0.338 e. The summed E-state index contributed by atoms with van der Waals surface area (Å²) in [6.45, 7) is 7.49. The maximum Gasteiger partial charge on any atom is 0.319 e. The Morgan fingerprint density at radius 1 is 0.806 bits per heavy atom. The number of anilines is 1. The second-order valence-electron chi connectivity index (χ2n) is 9.07. The van der Waals surface area contributed by atoms with Crippen molar-refractivity contribution in [1.29, 1.82) is 0 Å². The third kappa shape index (κ3) is 10.5. The summed E-state index contributed by atoms with van der Waals surface area (Å²) in [6.07, 6.45) is 11.8. The molecule has 0 spiro atoms. The molecule has 0 fully saturated rings. The van der Waals surface area contributed by atoms with Gasteiger partial charge in [-0.15, -0.1) is 0 Å². The average Bonchev–Trinajstić information content (AvgIpc) is 2.75. The zero-order valence-electron chi connectivity index (χ0n) is 19.9. The van der Waals surface area contributed by atoms with Gasteiger partial charge in [0.25, 0.3) is 0 Å². The van der Waals surface area contributed by atoms with E-state index in [0.717, 1.165) is 37.9 Å². The second kappa shape index (κ2) is 14.7. The van der Waals surface area contributed by atoms with Gasteiger partial charge in [-0.2, -0.15) is 0 Å². The third-order valence-electron chi connectivity index (χ3n) is 5.68. The number of benzene rings is 2. The number of urea groups is 1. The van der Waals surface area contributed by atoms with Crippen LogP contribution in [-0.2, 0) is 19.3 Å². The van der Waals surface area contributed by atoms with Gasteiger partial charge in [0.15, 0.2) is 0 Å². The lowest BCUT2D eigenvalue weighted by Crippen LogP contribution is -2.29. The van der Waals surface area contributed by atoms with Crippen molar-refractivity contribution in [2.24, 2.45) is 5.92 Å². The smallest absolute Gasteiger partial charge is 0.319 e. The van der Waals surface area contributed by atoms with Crippen LogP contribution in [0.1, 0.15) is 82.4 Å². The quantitative estimate of drug-likeness (QED) is 0.303. The highest BCUT2D eigenvalue weighted by molar-refractivity contribution is 5.90. The van der Waals surface area contributed by atoms with Gasteiger partial charge < -0.3 is 10.6 Å². The van der Waals surface area contributed by atoms with Crippen molar-refractivity contribution < 1.29 is 4.79 Å². The summed E-state index contributed by atoms with van der Waals surface area (Å²) in [4.78, 5) is 12.3. The Balaban J connectivity index is 1.74. The van der Waals surface area contributed by atoms with Gasteiger partial charge in [0, 0.05) is 12.2 Å². The lowest BCUT2D eigenvalue weighted by atomic mass is 9.99. The number of amides is 2. The minimum atomic E-state index is -0.100. The Morgan fingerprint density at radius 2 is 1.45 bits per heavy atom. The van der Waals surface area contributed by atoms with Crippen molar-refractivity contribution in [1.82, 2.24) is 5.32 Å². The molecule has 2 aromatic carbocycles. The van der Waals surface area contributed by atoms with E-state index in [1.165, 1.54) is 55.2 Å². The number of rotatable bonds is 14. The molecule has 2 aromatic rings. The van der Waals surface area contributed by atoms with Crippen LogP contribution in [0.4, 0.5) is 10.5 Å². The molecule has 0 bridgehead atoms. The fourth-order valence-corrected chi connectivity index (χ4v) is 3.90. The van der Waals surface area contributed by atoms with Crippen LogP contribution in [0.2, 0.25) is 0 Å². The zero-order valence-corrected chi connectivity index (χ0v) is 19.9. The first-order valence-corrected chi connectivity index (χ1v) is 12.3. The molecule has 0 aromatic heterocycles. The number of hydrogen-bond acceptors (Lipinski definition) is 1. The number of unbranched alkanes of at least 4 members (excludes halogenated alkanes) is 6. The lowest BCUT2D eigenvalue weighted by molar-refractivity contribution is 0.252. The van der Waals surface area contributed by atoms with Gasteiger partial charge in [-0.3, -0.25) is 0 Å². The Bertz CT molecular complexity index is 752. The third-order valence-corrected chi connectivity index (χ3v) is 5.68. The normalized spacial score (nSPS) is 11.0. The van der Waals surface area contributed by atoms with E-state index in [1.807, 2.05) is 18.2 Å². The maximum atomic E-state index is 12.3. The van der Waals surface area contributed by atoms with Crippen LogP contribution < -0.4 is 10.6 Å². The van der Waals surface area contributed by atoms with Gasteiger partial charge in [-0.25, -0.2) is 4.79 Å². The number of hydrogen-bond donors (Lipinski definition) is 2. The van der Waals surface area contributed by atoms with Crippen LogP contribution in [0, 0.1) is 5.92 Å². The molecule has 0 aliphatic carbocycles. The van der Waals surface area contributed by atoms with Crippen LogP contribution in [0.5, 0.6) is 0 Å². The highest BCUT2D eigenvalue weighted by Crippen LogP contribution is 2.18. The van der Waals surface area contributed by atoms with Crippen molar-refractivity contribution in [2.45, 2.75) is 85.0 Å². The predicted molar refractivity (Wildman–Crippen MR) is 134 cm³/mol. The van der Waals surface area contributed by atoms with Gasteiger partial charge in [0.2, 0.25) is 0 Å². The largest absolute Gasteiger partial charge is 0.338 e. The molecule has 2 rings (SSSR count). The molecule has 0 radical (unpaired) electrons. The van der Waals surface area contributed by atoms with E-state index in [9.17, 15) is 4.79 Å². The molecule has 0 aliphatic heterocycles. The molecular weight excluding hydrogens is 380 g/mol. The van der Waals surface area contributed by atoms with E-state index in [1.54, 1.807) is 0 Å². The number of nitrogens with one attached hydrogen (secondary N) is 2. The molecular formula is C28H42N2O. The molecule has 2 amide bonds. The van der Waals surface area contributed by atoms with Crippen molar-refractivity contribution in [3.05, 3.63) is 65.2 Å². The Kier molecular flexibility index (Phi) is 11.8. The molecule has 0 unspecified atom stereocenters. The Morgan fingerprint density at radius 3 is 2.16 bits per heavy atom. The van der Waals surface area contributed by atoms with Crippen LogP contribution >= 0.6 is 0 Å². The first-order valence-electron chi connectivity index (χ1n) is 12.3. The first kappa shape index (κ1) is 25.0. The van der Waals surface area contributed by atoms with Crippen molar-refractivity contribution in [3.8, 4) is 0 Å². The standard InChI is InChI=1S/C28H42N2O/c1-4-5-6-7-8-9-12-21-29-28(31)30-27-14-11-10-13-26(27)20-19-24-15-17-25(18-16-24)22-23(2)3/h10-11,13-18,23H,4-9,12,19-22H2,1-3H3,(H2,29,30,31). The molecule has 0 atom stereocenters.